The predicted octanol–water partition coefficient (Wildman–Crippen LogP) is 2.77. The van der Waals surface area contributed by atoms with Gasteiger partial charge in [0.1, 0.15) is 0 Å². The van der Waals surface area contributed by atoms with Gasteiger partial charge in [-0.1, -0.05) is 0 Å². The summed E-state index contributed by atoms with van der Waals surface area (Å²) in [5.74, 6) is 2.63. The van der Waals surface area contributed by atoms with Gasteiger partial charge < -0.3 is 9.79 Å². The second-order valence-electron chi connectivity index (χ2n) is 6.56. The Balaban J connectivity index is 1.71. The largest absolute Gasteiger partial charge is 0.325 e. The first-order valence-electron chi connectivity index (χ1n) is 6.49. The molecule has 4 aliphatic carbocycles. The lowest BCUT2D eigenvalue weighted by molar-refractivity contribution is -0.0545. The molecule has 0 amide bonds. The van der Waals surface area contributed by atoms with E-state index in [2.05, 4.69) is 0 Å². The summed E-state index contributed by atoms with van der Waals surface area (Å²) in [5.41, 5.74) is 0.315. The average molecular weight is 244 g/mol. The Morgan fingerprint density at radius 2 is 1.44 bits per heavy atom. The lowest BCUT2D eigenvalue weighted by atomic mass is 9.49. The van der Waals surface area contributed by atoms with E-state index in [4.69, 9.17) is 9.79 Å². The van der Waals surface area contributed by atoms with Crippen LogP contribution in [-0.2, 0) is 4.57 Å². The lowest BCUT2D eigenvalue weighted by Gasteiger charge is -2.57. The molecule has 4 aliphatic rings. The first-order chi connectivity index (χ1) is 7.44. The fourth-order valence-corrected chi connectivity index (χ4v) is 5.74. The molecule has 0 radical (unpaired) electrons. The van der Waals surface area contributed by atoms with E-state index in [1.54, 1.807) is 0 Å². The fraction of sp³-hybridized carbons (Fsp3) is 1.00. The zero-order valence-electron chi connectivity index (χ0n) is 9.64. The van der Waals surface area contributed by atoms with Crippen molar-refractivity contribution in [2.75, 3.05) is 6.16 Å². The smallest absolute Gasteiger partial charge is 0.324 e. The highest BCUT2D eigenvalue weighted by Crippen LogP contribution is 2.62. The van der Waals surface area contributed by atoms with Gasteiger partial charge in [-0.15, -0.1) is 0 Å². The summed E-state index contributed by atoms with van der Waals surface area (Å²) < 4.78 is 11.0. The molecule has 3 nitrogen and oxygen atoms in total. The van der Waals surface area contributed by atoms with E-state index in [9.17, 15) is 4.57 Å². The van der Waals surface area contributed by atoms with Crippen molar-refractivity contribution in [3.8, 4) is 0 Å². The third-order valence-corrected chi connectivity index (χ3v) is 5.90. The van der Waals surface area contributed by atoms with Crippen LogP contribution in [0.5, 0.6) is 0 Å². The molecule has 0 atom stereocenters. The summed E-state index contributed by atoms with van der Waals surface area (Å²) in [6.07, 6.45) is 8.82. The molecule has 2 N–H and O–H groups in total. The maximum absolute atomic E-state index is 11.0. The van der Waals surface area contributed by atoms with Crippen LogP contribution in [-0.4, -0.2) is 15.9 Å². The molecule has 0 saturated heterocycles. The van der Waals surface area contributed by atoms with Gasteiger partial charge in [0, 0.05) is 0 Å². The minimum absolute atomic E-state index is 0.110. The zero-order chi connectivity index (χ0) is 11.4. The minimum Gasteiger partial charge on any atom is -0.324 e. The second-order valence-corrected chi connectivity index (χ2v) is 8.33. The van der Waals surface area contributed by atoms with Gasteiger partial charge in [-0.05, 0) is 68.1 Å². The molecular formula is C12H21O3P. The van der Waals surface area contributed by atoms with Gasteiger partial charge in [0.05, 0.1) is 6.16 Å². The van der Waals surface area contributed by atoms with Crippen molar-refractivity contribution in [1.29, 1.82) is 0 Å². The van der Waals surface area contributed by atoms with Crippen molar-refractivity contribution < 1.29 is 14.4 Å². The molecule has 0 aromatic heterocycles. The Morgan fingerprint density at radius 1 is 1.00 bits per heavy atom. The Kier molecular flexibility index (Phi) is 2.51. The van der Waals surface area contributed by atoms with Crippen molar-refractivity contribution in [1.82, 2.24) is 0 Å². The third-order valence-electron chi connectivity index (χ3n) is 5.10. The Bertz CT molecular complexity index is 298. The highest BCUT2D eigenvalue weighted by molar-refractivity contribution is 7.51. The molecule has 4 rings (SSSR count). The average Bonchev–Trinajstić information content (AvgIpc) is 2.11. The van der Waals surface area contributed by atoms with Gasteiger partial charge in [-0.2, -0.15) is 0 Å². The lowest BCUT2D eigenvalue weighted by Crippen LogP contribution is -2.46. The Morgan fingerprint density at radius 3 is 1.81 bits per heavy atom. The maximum Gasteiger partial charge on any atom is 0.325 e. The Hall–Kier alpha value is 0.150. The zero-order valence-corrected chi connectivity index (χ0v) is 10.5. The van der Waals surface area contributed by atoms with E-state index in [1.165, 1.54) is 38.5 Å². The van der Waals surface area contributed by atoms with Crippen LogP contribution in [0.2, 0.25) is 0 Å². The molecule has 16 heavy (non-hydrogen) atoms. The van der Waals surface area contributed by atoms with Crippen LogP contribution in [0.15, 0.2) is 0 Å². The van der Waals surface area contributed by atoms with Gasteiger partial charge in [-0.25, -0.2) is 0 Å². The van der Waals surface area contributed by atoms with Crippen LogP contribution in [0.4, 0.5) is 0 Å². The molecule has 92 valence electrons. The number of hydrogen-bond donors (Lipinski definition) is 2. The van der Waals surface area contributed by atoms with Gasteiger partial charge in [0.15, 0.2) is 0 Å². The highest BCUT2D eigenvalue weighted by atomic mass is 31.2. The summed E-state index contributed by atoms with van der Waals surface area (Å²) in [6.45, 7) is 0. The first kappa shape index (κ1) is 11.3. The van der Waals surface area contributed by atoms with Crippen LogP contribution in [0.25, 0.3) is 0 Å². The third kappa shape index (κ3) is 2.10. The molecule has 0 aromatic rings. The van der Waals surface area contributed by atoms with Crippen LogP contribution in [0, 0.1) is 23.2 Å². The summed E-state index contributed by atoms with van der Waals surface area (Å²) in [4.78, 5) is 18.1. The van der Waals surface area contributed by atoms with E-state index >= 15 is 0 Å². The van der Waals surface area contributed by atoms with E-state index < -0.39 is 7.60 Å². The second kappa shape index (κ2) is 3.57. The molecule has 4 fully saturated rings. The number of rotatable bonds is 3. The minimum atomic E-state index is -3.79. The summed E-state index contributed by atoms with van der Waals surface area (Å²) in [7, 11) is -3.79. The van der Waals surface area contributed by atoms with Crippen molar-refractivity contribution >= 4 is 7.60 Å². The molecule has 0 aromatic carbocycles. The van der Waals surface area contributed by atoms with Crippen molar-refractivity contribution in [3.05, 3.63) is 0 Å². The van der Waals surface area contributed by atoms with Crippen molar-refractivity contribution in [3.63, 3.8) is 0 Å². The predicted molar refractivity (Wildman–Crippen MR) is 62.1 cm³/mol. The van der Waals surface area contributed by atoms with E-state index in [0.29, 0.717) is 5.41 Å². The van der Waals surface area contributed by atoms with Gasteiger partial charge in [0.25, 0.3) is 0 Å². The van der Waals surface area contributed by atoms with E-state index in [-0.39, 0.29) is 6.16 Å². The molecular weight excluding hydrogens is 223 g/mol. The van der Waals surface area contributed by atoms with E-state index in [0.717, 1.165) is 24.2 Å². The molecule has 0 aliphatic heterocycles. The molecule has 0 spiro atoms. The molecule has 4 bridgehead atoms. The van der Waals surface area contributed by atoms with E-state index in [1.807, 2.05) is 0 Å². The first-order valence-corrected chi connectivity index (χ1v) is 8.28. The summed E-state index contributed by atoms with van der Waals surface area (Å²) >= 11 is 0. The van der Waals surface area contributed by atoms with Crippen LogP contribution >= 0.6 is 7.60 Å². The maximum atomic E-state index is 11.0. The SMILES string of the molecule is O=P(O)(O)CCC12CC3CC(CC(C3)C1)C2. The highest BCUT2D eigenvalue weighted by Gasteiger charge is 2.50. The van der Waals surface area contributed by atoms with Crippen molar-refractivity contribution in [2.24, 2.45) is 23.2 Å². The standard InChI is InChI=1S/C12H21O3P/c13-16(14,15)2-1-12-6-9-3-10(7-12)5-11(4-9)8-12/h9-11H,1-8H2,(H2,13,14,15). The molecule has 4 saturated carbocycles. The van der Waals surface area contributed by atoms with Gasteiger partial charge >= 0.3 is 7.60 Å². The summed E-state index contributed by atoms with van der Waals surface area (Å²) in [6, 6.07) is 0. The van der Waals surface area contributed by atoms with Crippen LogP contribution in [0.1, 0.15) is 44.9 Å². The van der Waals surface area contributed by atoms with Gasteiger partial charge in [-0.3, -0.25) is 4.57 Å². The molecule has 0 heterocycles. The Labute approximate surface area is 96.8 Å². The number of hydrogen-bond acceptors (Lipinski definition) is 1. The van der Waals surface area contributed by atoms with Gasteiger partial charge in [0.2, 0.25) is 0 Å². The normalized spacial score (nSPS) is 46.2. The summed E-state index contributed by atoms with van der Waals surface area (Å²) in [5, 5.41) is 0. The molecule has 0 unspecified atom stereocenters. The van der Waals surface area contributed by atoms with Crippen molar-refractivity contribution in [2.45, 2.75) is 44.9 Å². The fourth-order valence-electron chi connectivity index (χ4n) is 4.98. The van der Waals surface area contributed by atoms with Crippen LogP contribution in [0.3, 0.4) is 0 Å². The molecule has 4 heteroatoms. The topological polar surface area (TPSA) is 57.5 Å². The quantitative estimate of drug-likeness (QED) is 0.750. The van der Waals surface area contributed by atoms with Crippen LogP contribution < -0.4 is 0 Å². The monoisotopic (exact) mass is 244 g/mol.